The minimum Gasteiger partial charge on any atom is -0.309 e. The van der Waals surface area contributed by atoms with Crippen LogP contribution in [0.3, 0.4) is 0 Å². The third-order valence-corrected chi connectivity index (χ3v) is 7.47. The Bertz CT molecular complexity index is 2090. The average Bonchev–Trinajstić information content (AvgIpc) is 3.44. The van der Waals surface area contributed by atoms with Crippen LogP contribution in [0.4, 0.5) is 0 Å². The molecule has 2 heteroatoms. The normalized spacial score (nSPS) is 11.9. The molecule has 36 heavy (non-hydrogen) atoms. The molecule has 2 heterocycles. The van der Waals surface area contributed by atoms with Gasteiger partial charge >= 0.3 is 0 Å². The van der Waals surface area contributed by atoms with Gasteiger partial charge in [0.15, 0.2) is 0 Å². The molecule has 0 unspecified atom stereocenters. The van der Waals surface area contributed by atoms with Crippen LogP contribution < -0.4 is 0 Å². The number of hydrogen-bond acceptors (Lipinski definition) is 0. The van der Waals surface area contributed by atoms with Crippen LogP contribution in [0.1, 0.15) is 0 Å². The molecule has 0 fully saturated rings. The van der Waals surface area contributed by atoms with Gasteiger partial charge in [0.1, 0.15) is 0 Å². The fourth-order valence-corrected chi connectivity index (χ4v) is 5.88. The quantitative estimate of drug-likeness (QED) is 0.244. The second-order valence-electron chi connectivity index (χ2n) is 9.46. The molecule has 6 aromatic carbocycles. The zero-order valence-electron chi connectivity index (χ0n) is 19.6. The highest BCUT2D eigenvalue weighted by atomic mass is 15.0. The third-order valence-electron chi connectivity index (χ3n) is 7.47. The Morgan fingerprint density at radius 1 is 0.306 bits per heavy atom. The molecule has 2 aromatic heterocycles. The van der Waals surface area contributed by atoms with Gasteiger partial charge in [0, 0.05) is 32.9 Å². The second-order valence-corrected chi connectivity index (χ2v) is 9.46. The standard InChI is InChI=1S/C34H22N2/c1-2-12-25(13-3-1)35-31-16-8-6-14-27(31)29-21-30-28-15-7-9-17-32(28)36(34(30)22-33(29)35)26-19-18-23-10-4-5-11-24(23)20-26/h1-22H. The summed E-state index contributed by atoms with van der Waals surface area (Å²) in [6.45, 7) is 0. The molecule has 0 aliphatic rings. The molecular weight excluding hydrogens is 436 g/mol. The van der Waals surface area contributed by atoms with Crippen molar-refractivity contribution in [2.45, 2.75) is 0 Å². The smallest absolute Gasteiger partial charge is 0.0562 e. The number of para-hydroxylation sites is 3. The van der Waals surface area contributed by atoms with Crippen LogP contribution in [0.15, 0.2) is 133 Å². The summed E-state index contributed by atoms with van der Waals surface area (Å²) in [5.74, 6) is 0. The molecule has 0 saturated heterocycles. The van der Waals surface area contributed by atoms with E-state index in [1.54, 1.807) is 0 Å². The number of hydrogen-bond donors (Lipinski definition) is 0. The highest BCUT2D eigenvalue weighted by Gasteiger charge is 2.18. The van der Waals surface area contributed by atoms with E-state index in [0.717, 1.165) is 0 Å². The van der Waals surface area contributed by atoms with Crippen molar-refractivity contribution in [3.8, 4) is 11.4 Å². The minimum absolute atomic E-state index is 1.18. The summed E-state index contributed by atoms with van der Waals surface area (Å²) in [4.78, 5) is 0. The number of fused-ring (bicyclic) bond motifs is 7. The fourth-order valence-electron chi connectivity index (χ4n) is 5.88. The maximum absolute atomic E-state index is 2.42. The van der Waals surface area contributed by atoms with Crippen molar-refractivity contribution in [2.24, 2.45) is 0 Å². The van der Waals surface area contributed by atoms with Crippen LogP contribution in [-0.2, 0) is 0 Å². The number of nitrogens with zero attached hydrogens (tertiary/aromatic N) is 2. The molecule has 0 bridgehead atoms. The molecular formula is C34H22N2. The van der Waals surface area contributed by atoms with Crippen LogP contribution >= 0.6 is 0 Å². The van der Waals surface area contributed by atoms with Crippen molar-refractivity contribution >= 4 is 54.4 Å². The highest BCUT2D eigenvalue weighted by Crippen LogP contribution is 2.39. The lowest BCUT2D eigenvalue weighted by atomic mass is 10.1. The van der Waals surface area contributed by atoms with Crippen LogP contribution in [0, 0.1) is 0 Å². The van der Waals surface area contributed by atoms with Crippen molar-refractivity contribution in [3.63, 3.8) is 0 Å². The number of aromatic nitrogens is 2. The molecule has 0 N–H and O–H groups in total. The van der Waals surface area contributed by atoms with Crippen LogP contribution in [0.5, 0.6) is 0 Å². The summed E-state index contributed by atoms with van der Waals surface area (Å²) < 4.78 is 4.82. The molecule has 0 spiro atoms. The number of rotatable bonds is 2. The van der Waals surface area contributed by atoms with Gasteiger partial charge in [0.25, 0.3) is 0 Å². The maximum atomic E-state index is 2.42. The first-order valence-corrected chi connectivity index (χ1v) is 12.4. The Labute approximate surface area is 208 Å². The lowest BCUT2D eigenvalue weighted by Gasteiger charge is -2.11. The van der Waals surface area contributed by atoms with Crippen molar-refractivity contribution in [1.29, 1.82) is 0 Å². The van der Waals surface area contributed by atoms with E-state index in [9.17, 15) is 0 Å². The van der Waals surface area contributed by atoms with Crippen LogP contribution in [-0.4, -0.2) is 9.13 Å². The number of benzene rings is 6. The van der Waals surface area contributed by atoms with Gasteiger partial charge in [-0.05, 0) is 59.3 Å². The van der Waals surface area contributed by atoms with Gasteiger partial charge in [0.05, 0.1) is 22.1 Å². The summed E-state index contributed by atoms with van der Waals surface area (Å²) in [5.41, 5.74) is 7.26. The lowest BCUT2D eigenvalue weighted by Crippen LogP contribution is -1.95. The monoisotopic (exact) mass is 458 g/mol. The van der Waals surface area contributed by atoms with E-state index < -0.39 is 0 Å². The molecule has 0 atom stereocenters. The fraction of sp³-hybridized carbons (Fsp3) is 0. The molecule has 2 nitrogen and oxygen atoms in total. The predicted octanol–water partition coefficient (Wildman–Crippen LogP) is 9.03. The van der Waals surface area contributed by atoms with E-state index in [1.807, 2.05) is 0 Å². The lowest BCUT2D eigenvalue weighted by molar-refractivity contribution is 1.17. The topological polar surface area (TPSA) is 9.86 Å². The van der Waals surface area contributed by atoms with Gasteiger partial charge in [-0.1, -0.05) is 84.9 Å². The summed E-state index contributed by atoms with van der Waals surface area (Å²) in [6, 6.07) is 48.3. The van der Waals surface area contributed by atoms with Gasteiger partial charge in [-0.15, -0.1) is 0 Å². The molecule has 0 amide bonds. The molecule has 8 aromatic rings. The first kappa shape index (κ1) is 19.5. The summed E-state index contributed by atoms with van der Waals surface area (Å²) in [6.07, 6.45) is 0. The SMILES string of the molecule is c1ccc(-n2c3ccccc3c3cc4c5ccccc5n(-c5ccc6ccccc6c5)c4cc32)cc1. The van der Waals surface area contributed by atoms with Crippen LogP contribution in [0.2, 0.25) is 0 Å². The van der Waals surface area contributed by atoms with Gasteiger partial charge in [-0.2, -0.15) is 0 Å². The summed E-state index contributed by atoms with van der Waals surface area (Å²) in [7, 11) is 0. The van der Waals surface area contributed by atoms with E-state index >= 15 is 0 Å². The Kier molecular flexibility index (Phi) is 3.97. The molecule has 0 radical (unpaired) electrons. The molecule has 0 saturated carbocycles. The Morgan fingerprint density at radius 2 is 0.861 bits per heavy atom. The van der Waals surface area contributed by atoms with Gasteiger partial charge in [-0.25, -0.2) is 0 Å². The van der Waals surface area contributed by atoms with E-state index in [-0.39, 0.29) is 0 Å². The van der Waals surface area contributed by atoms with Gasteiger partial charge < -0.3 is 9.13 Å². The largest absolute Gasteiger partial charge is 0.309 e. The second kappa shape index (κ2) is 7.34. The van der Waals surface area contributed by atoms with E-state index in [0.29, 0.717) is 0 Å². The van der Waals surface area contributed by atoms with Crippen molar-refractivity contribution in [2.75, 3.05) is 0 Å². The predicted molar refractivity (Wildman–Crippen MR) is 153 cm³/mol. The third kappa shape index (κ3) is 2.67. The minimum atomic E-state index is 1.18. The average molecular weight is 459 g/mol. The van der Waals surface area contributed by atoms with Crippen LogP contribution in [0.25, 0.3) is 65.8 Å². The van der Waals surface area contributed by atoms with E-state index in [1.165, 1.54) is 65.8 Å². The van der Waals surface area contributed by atoms with E-state index in [4.69, 9.17) is 0 Å². The summed E-state index contributed by atoms with van der Waals surface area (Å²) >= 11 is 0. The Hall–Kier alpha value is -4.82. The zero-order valence-corrected chi connectivity index (χ0v) is 19.6. The van der Waals surface area contributed by atoms with Crippen molar-refractivity contribution < 1.29 is 0 Å². The Balaban J connectivity index is 1.55. The van der Waals surface area contributed by atoms with Gasteiger partial charge in [0.2, 0.25) is 0 Å². The van der Waals surface area contributed by atoms with Crippen molar-refractivity contribution in [3.05, 3.63) is 133 Å². The molecule has 0 aliphatic carbocycles. The summed E-state index contributed by atoms with van der Waals surface area (Å²) in [5, 5.41) is 7.62. The first-order chi connectivity index (χ1) is 17.9. The molecule has 168 valence electrons. The molecule has 8 rings (SSSR count). The van der Waals surface area contributed by atoms with Gasteiger partial charge in [-0.3, -0.25) is 0 Å². The highest BCUT2D eigenvalue weighted by molar-refractivity contribution is 6.19. The Morgan fingerprint density at radius 3 is 1.56 bits per heavy atom. The first-order valence-electron chi connectivity index (χ1n) is 12.4. The maximum Gasteiger partial charge on any atom is 0.0562 e. The van der Waals surface area contributed by atoms with Crippen molar-refractivity contribution in [1.82, 2.24) is 9.13 Å². The molecule has 0 aliphatic heterocycles. The zero-order chi connectivity index (χ0) is 23.6. The van der Waals surface area contributed by atoms with E-state index in [2.05, 4.69) is 143 Å².